The standard InChI is InChI=1S/C14H21N/c1-10(2)12(5)6-13-7-14(11(3)4)9-15-8-13/h7-11H,5-6H2,1-4H3. The fourth-order valence-corrected chi connectivity index (χ4v) is 1.39. The zero-order chi connectivity index (χ0) is 11.4. The van der Waals surface area contributed by atoms with Gasteiger partial charge < -0.3 is 0 Å². The van der Waals surface area contributed by atoms with Crippen molar-refractivity contribution in [1.29, 1.82) is 0 Å². The molecule has 0 fully saturated rings. The number of allylic oxidation sites excluding steroid dienone is 1. The van der Waals surface area contributed by atoms with Crippen molar-refractivity contribution in [2.75, 3.05) is 0 Å². The van der Waals surface area contributed by atoms with Gasteiger partial charge in [0.25, 0.3) is 0 Å². The van der Waals surface area contributed by atoms with E-state index in [4.69, 9.17) is 0 Å². The molecule has 0 N–H and O–H groups in total. The predicted molar refractivity (Wildman–Crippen MR) is 66.0 cm³/mol. The van der Waals surface area contributed by atoms with Crippen molar-refractivity contribution in [3.05, 3.63) is 41.7 Å². The van der Waals surface area contributed by atoms with Crippen molar-refractivity contribution < 1.29 is 0 Å². The first-order chi connectivity index (χ1) is 7.00. The van der Waals surface area contributed by atoms with Crippen molar-refractivity contribution in [2.45, 2.75) is 40.0 Å². The summed E-state index contributed by atoms with van der Waals surface area (Å²) < 4.78 is 0. The molecule has 1 heteroatoms. The summed E-state index contributed by atoms with van der Waals surface area (Å²) in [6.45, 7) is 12.8. The number of hydrogen-bond donors (Lipinski definition) is 0. The molecular weight excluding hydrogens is 182 g/mol. The van der Waals surface area contributed by atoms with Crippen LogP contribution >= 0.6 is 0 Å². The highest BCUT2D eigenvalue weighted by Gasteiger charge is 2.04. The van der Waals surface area contributed by atoms with Crippen LogP contribution in [-0.2, 0) is 6.42 Å². The molecular formula is C14H21N. The van der Waals surface area contributed by atoms with Crippen LogP contribution in [0, 0.1) is 5.92 Å². The Morgan fingerprint density at radius 3 is 2.47 bits per heavy atom. The van der Waals surface area contributed by atoms with E-state index in [1.165, 1.54) is 16.7 Å². The Hall–Kier alpha value is -1.11. The van der Waals surface area contributed by atoms with Gasteiger partial charge in [0, 0.05) is 12.4 Å². The molecule has 1 aromatic rings. The third kappa shape index (κ3) is 3.50. The van der Waals surface area contributed by atoms with E-state index in [1.54, 1.807) is 0 Å². The lowest BCUT2D eigenvalue weighted by molar-refractivity contribution is 0.742. The molecule has 1 heterocycles. The van der Waals surface area contributed by atoms with Crippen LogP contribution in [0.25, 0.3) is 0 Å². The van der Waals surface area contributed by atoms with Gasteiger partial charge in [0.2, 0.25) is 0 Å². The van der Waals surface area contributed by atoms with E-state index in [0.717, 1.165) is 6.42 Å². The van der Waals surface area contributed by atoms with Crippen LogP contribution in [0.4, 0.5) is 0 Å². The van der Waals surface area contributed by atoms with E-state index in [2.05, 4.69) is 45.3 Å². The van der Waals surface area contributed by atoms with Crippen LogP contribution in [0.15, 0.2) is 30.6 Å². The van der Waals surface area contributed by atoms with E-state index in [-0.39, 0.29) is 0 Å². The molecule has 0 spiro atoms. The highest BCUT2D eigenvalue weighted by Crippen LogP contribution is 2.18. The van der Waals surface area contributed by atoms with Gasteiger partial charge in [-0.05, 0) is 29.4 Å². The quantitative estimate of drug-likeness (QED) is 0.675. The molecule has 0 aliphatic carbocycles. The third-order valence-electron chi connectivity index (χ3n) is 2.73. The lowest BCUT2D eigenvalue weighted by atomic mass is 9.96. The smallest absolute Gasteiger partial charge is 0.0303 e. The summed E-state index contributed by atoms with van der Waals surface area (Å²) in [7, 11) is 0. The van der Waals surface area contributed by atoms with Crippen LogP contribution in [-0.4, -0.2) is 4.98 Å². The largest absolute Gasteiger partial charge is 0.264 e. The van der Waals surface area contributed by atoms with E-state index >= 15 is 0 Å². The number of nitrogens with zero attached hydrogens (tertiary/aromatic N) is 1. The summed E-state index contributed by atoms with van der Waals surface area (Å²) in [4.78, 5) is 4.28. The maximum Gasteiger partial charge on any atom is 0.0303 e. The van der Waals surface area contributed by atoms with Gasteiger partial charge >= 0.3 is 0 Å². The van der Waals surface area contributed by atoms with E-state index < -0.39 is 0 Å². The predicted octanol–water partition coefficient (Wildman–Crippen LogP) is 3.96. The minimum absolute atomic E-state index is 0.546. The van der Waals surface area contributed by atoms with Crippen LogP contribution in [0.1, 0.15) is 44.7 Å². The highest BCUT2D eigenvalue weighted by molar-refractivity contribution is 5.24. The second-order valence-electron chi connectivity index (χ2n) is 4.77. The molecule has 0 amide bonds. The van der Waals surface area contributed by atoms with Crippen LogP contribution in [0.2, 0.25) is 0 Å². The van der Waals surface area contributed by atoms with Gasteiger partial charge in [0.05, 0.1) is 0 Å². The second kappa shape index (κ2) is 5.11. The minimum Gasteiger partial charge on any atom is -0.264 e. The third-order valence-corrected chi connectivity index (χ3v) is 2.73. The zero-order valence-corrected chi connectivity index (χ0v) is 10.2. The fraction of sp³-hybridized carbons (Fsp3) is 0.500. The average molecular weight is 203 g/mol. The zero-order valence-electron chi connectivity index (χ0n) is 10.2. The number of rotatable bonds is 4. The molecule has 0 radical (unpaired) electrons. The molecule has 0 aromatic carbocycles. The molecule has 0 saturated carbocycles. The first-order valence-electron chi connectivity index (χ1n) is 5.62. The van der Waals surface area contributed by atoms with Gasteiger partial charge in [-0.3, -0.25) is 4.98 Å². The summed E-state index contributed by atoms with van der Waals surface area (Å²) in [6, 6.07) is 2.24. The summed E-state index contributed by atoms with van der Waals surface area (Å²) >= 11 is 0. The van der Waals surface area contributed by atoms with Gasteiger partial charge in [-0.2, -0.15) is 0 Å². The molecule has 0 aliphatic heterocycles. The highest BCUT2D eigenvalue weighted by atomic mass is 14.6. The normalized spacial score (nSPS) is 11.1. The molecule has 0 aliphatic rings. The number of aromatic nitrogens is 1. The van der Waals surface area contributed by atoms with Gasteiger partial charge in [0.15, 0.2) is 0 Å². The van der Waals surface area contributed by atoms with E-state index in [0.29, 0.717) is 11.8 Å². The maximum atomic E-state index is 4.28. The molecule has 0 unspecified atom stereocenters. The monoisotopic (exact) mass is 203 g/mol. The summed E-state index contributed by atoms with van der Waals surface area (Å²) in [5, 5.41) is 0. The summed E-state index contributed by atoms with van der Waals surface area (Å²) in [6.07, 6.45) is 4.84. The van der Waals surface area contributed by atoms with Gasteiger partial charge in [0.1, 0.15) is 0 Å². The van der Waals surface area contributed by atoms with E-state index in [9.17, 15) is 0 Å². The molecule has 1 aromatic heterocycles. The molecule has 0 bridgehead atoms. The van der Waals surface area contributed by atoms with Gasteiger partial charge in [-0.1, -0.05) is 45.9 Å². The summed E-state index contributed by atoms with van der Waals surface area (Å²) in [5.74, 6) is 1.09. The first-order valence-corrected chi connectivity index (χ1v) is 5.62. The molecule has 82 valence electrons. The number of hydrogen-bond acceptors (Lipinski definition) is 1. The molecule has 0 saturated heterocycles. The van der Waals surface area contributed by atoms with Crippen LogP contribution in [0.5, 0.6) is 0 Å². The molecule has 0 atom stereocenters. The molecule has 1 nitrogen and oxygen atoms in total. The van der Waals surface area contributed by atoms with Gasteiger partial charge in [-0.15, -0.1) is 0 Å². The van der Waals surface area contributed by atoms with Crippen molar-refractivity contribution in [1.82, 2.24) is 4.98 Å². The summed E-state index contributed by atoms with van der Waals surface area (Å²) in [5.41, 5.74) is 3.86. The van der Waals surface area contributed by atoms with Crippen LogP contribution < -0.4 is 0 Å². The average Bonchev–Trinajstić information content (AvgIpc) is 2.18. The second-order valence-corrected chi connectivity index (χ2v) is 4.77. The maximum absolute atomic E-state index is 4.28. The molecule has 1 rings (SSSR count). The topological polar surface area (TPSA) is 12.9 Å². The lowest BCUT2D eigenvalue weighted by Crippen LogP contribution is -1.99. The van der Waals surface area contributed by atoms with Crippen molar-refractivity contribution >= 4 is 0 Å². The van der Waals surface area contributed by atoms with Crippen molar-refractivity contribution in [3.63, 3.8) is 0 Å². The minimum atomic E-state index is 0.546. The Morgan fingerprint density at radius 1 is 1.27 bits per heavy atom. The Morgan fingerprint density at radius 2 is 1.93 bits per heavy atom. The molecule has 15 heavy (non-hydrogen) atoms. The Labute approximate surface area is 93.2 Å². The Kier molecular flexibility index (Phi) is 4.07. The van der Waals surface area contributed by atoms with E-state index in [1.807, 2.05) is 12.4 Å². The Balaban J connectivity index is 2.78. The van der Waals surface area contributed by atoms with Crippen molar-refractivity contribution in [3.8, 4) is 0 Å². The lowest BCUT2D eigenvalue weighted by Gasteiger charge is -2.11. The number of pyridine rings is 1. The Bertz CT molecular complexity index is 337. The first kappa shape index (κ1) is 12.0. The van der Waals surface area contributed by atoms with Crippen LogP contribution in [0.3, 0.4) is 0 Å². The SMILES string of the molecule is C=C(Cc1cncc(C(C)C)c1)C(C)C. The fourth-order valence-electron chi connectivity index (χ4n) is 1.39. The van der Waals surface area contributed by atoms with Gasteiger partial charge in [-0.25, -0.2) is 0 Å². The van der Waals surface area contributed by atoms with Crippen molar-refractivity contribution in [2.24, 2.45) is 5.92 Å².